The van der Waals surface area contributed by atoms with Gasteiger partial charge in [-0.1, -0.05) is 6.08 Å². The molecule has 1 heterocycles. The number of carbonyl (C=O) groups is 2. The largest absolute Gasteiger partial charge is 0.341 e. The Morgan fingerprint density at radius 2 is 2.35 bits per heavy atom. The van der Waals surface area contributed by atoms with E-state index in [1.54, 1.807) is 6.08 Å². The molecule has 3 amide bonds. The minimum Gasteiger partial charge on any atom is -0.341 e. The molecule has 1 N–H and O–H groups in total. The van der Waals surface area contributed by atoms with E-state index in [2.05, 4.69) is 11.9 Å². The van der Waals surface area contributed by atoms with E-state index in [4.69, 9.17) is 0 Å². The summed E-state index contributed by atoms with van der Waals surface area (Å²) in [5.41, 5.74) is 0. The Kier molecular flexibility index (Phi) is 5.34. The number of likely N-dealkylation sites (tertiary alicyclic amines) is 1. The Morgan fingerprint density at radius 1 is 1.65 bits per heavy atom. The summed E-state index contributed by atoms with van der Waals surface area (Å²) in [6.07, 6.45) is 3.69. The Labute approximate surface area is 104 Å². The first kappa shape index (κ1) is 13.9. The van der Waals surface area contributed by atoms with E-state index in [0.29, 0.717) is 13.0 Å². The van der Waals surface area contributed by atoms with Crippen molar-refractivity contribution in [1.82, 2.24) is 10.2 Å². The van der Waals surface area contributed by atoms with Crippen LogP contribution in [0.1, 0.15) is 19.3 Å². The van der Waals surface area contributed by atoms with Gasteiger partial charge in [-0.2, -0.15) is 0 Å². The molecule has 1 saturated heterocycles. The number of carbonyl (C=O) groups excluding carboxylic acids is 2. The van der Waals surface area contributed by atoms with Crippen molar-refractivity contribution in [2.24, 2.45) is 0 Å². The molecule has 2 unspecified atom stereocenters. The van der Waals surface area contributed by atoms with Gasteiger partial charge in [0.15, 0.2) is 0 Å². The zero-order chi connectivity index (χ0) is 12.8. The highest BCUT2D eigenvalue weighted by Gasteiger charge is 2.33. The SMILES string of the molecule is C=CCS(=O)C1CCCCN(C(=O)NC)C1=O. The van der Waals surface area contributed by atoms with Crippen molar-refractivity contribution < 1.29 is 13.8 Å². The van der Waals surface area contributed by atoms with E-state index < -0.39 is 22.1 Å². The summed E-state index contributed by atoms with van der Waals surface area (Å²) in [4.78, 5) is 24.8. The predicted octanol–water partition coefficient (Wildman–Crippen LogP) is 0.642. The molecule has 0 bridgehead atoms. The Balaban J connectivity index is 2.83. The lowest BCUT2D eigenvalue weighted by atomic mass is 10.2. The molecule has 0 radical (unpaired) electrons. The third-order valence-corrected chi connectivity index (χ3v) is 4.33. The van der Waals surface area contributed by atoms with Gasteiger partial charge in [0.25, 0.3) is 0 Å². The summed E-state index contributed by atoms with van der Waals surface area (Å²) in [6, 6.07) is -0.419. The van der Waals surface area contributed by atoms with Crippen molar-refractivity contribution in [1.29, 1.82) is 0 Å². The maximum absolute atomic E-state index is 12.1. The van der Waals surface area contributed by atoms with E-state index in [0.717, 1.165) is 12.8 Å². The number of amides is 3. The van der Waals surface area contributed by atoms with Crippen LogP contribution in [0.3, 0.4) is 0 Å². The Bertz CT molecular complexity index is 344. The highest BCUT2D eigenvalue weighted by Crippen LogP contribution is 2.17. The number of hydrogen-bond donors (Lipinski definition) is 1. The van der Waals surface area contributed by atoms with Crippen LogP contribution in [0.25, 0.3) is 0 Å². The van der Waals surface area contributed by atoms with E-state index >= 15 is 0 Å². The van der Waals surface area contributed by atoms with Crippen LogP contribution in [0.4, 0.5) is 4.79 Å². The topological polar surface area (TPSA) is 66.5 Å². The first-order chi connectivity index (χ1) is 8.11. The Hall–Kier alpha value is -1.17. The molecule has 1 fully saturated rings. The maximum atomic E-state index is 12.1. The van der Waals surface area contributed by atoms with Gasteiger partial charge < -0.3 is 5.32 Å². The molecule has 2 atom stereocenters. The van der Waals surface area contributed by atoms with E-state index in [1.807, 2.05) is 0 Å². The summed E-state index contributed by atoms with van der Waals surface area (Å²) in [5, 5.41) is 1.86. The number of nitrogens with zero attached hydrogens (tertiary/aromatic N) is 1. The van der Waals surface area contributed by atoms with Crippen LogP contribution in [0, 0.1) is 0 Å². The molecular formula is C11H18N2O3S. The molecule has 1 aliphatic heterocycles. The molecule has 1 aliphatic rings. The number of urea groups is 1. The third-order valence-electron chi connectivity index (χ3n) is 2.70. The molecule has 0 spiro atoms. The minimum atomic E-state index is -1.28. The average Bonchev–Trinajstić information content (AvgIpc) is 2.50. The van der Waals surface area contributed by atoms with Crippen molar-refractivity contribution in [2.45, 2.75) is 24.5 Å². The standard InChI is InChI=1S/C11H18N2O3S/c1-3-8-17(16)9-6-4-5-7-13(10(9)14)11(15)12-2/h3,9H,1,4-8H2,2H3,(H,12,15). The van der Waals surface area contributed by atoms with Crippen molar-refractivity contribution in [2.75, 3.05) is 19.3 Å². The van der Waals surface area contributed by atoms with Crippen LogP contribution in [0.2, 0.25) is 0 Å². The fraction of sp³-hybridized carbons (Fsp3) is 0.636. The van der Waals surface area contributed by atoms with Crippen molar-refractivity contribution in [3.05, 3.63) is 12.7 Å². The van der Waals surface area contributed by atoms with Gasteiger partial charge >= 0.3 is 6.03 Å². The van der Waals surface area contributed by atoms with E-state index in [-0.39, 0.29) is 11.7 Å². The van der Waals surface area contributed by atoms with Crippen LogP contribution in [-0.2, 0) is 15.6 Å². The van der Waals surface area contributed by atoms with Gasteiger partial charge in [-0.3, -0.25) is 13.9 Å². The lowest BCUT2D eigenvalue weighted by Gasteiger charge is -2.21. The molecule has 0 aliphatic carbocycles. The number of hydrogen-bond acceptors (Lipinski definition) is 3. The summed E-state index contributed by atoms with van der Waals surface area (Å²) in [7, 11) is 0.206. The monoisotopic (exact) mass is 258 g/mol. The molecule has 96 valence electrons. The molecule has 0 aromatic carbocycles. The molecule has 6 heteroatoms. The lowest BCUT2D eigenvalue weighted by Crippen LogP contribution is -2.47. The van der Waals surface area contributed by atoms with Crippen LogP contribution >= 0.6 is 0 Å². The van der Waals surface area contributed by atoms with Crippen LogP contribution in [0.5, 0.6) is 0 Å². The fourth-order valence-corrected chi connectivity index (χ4v) is 3.07. The van der Waals surface area contributed by atoms with Crippen molar-refractivity contribution in [3.8, 4) is 0 Å². The number of imide groups is 1. The molecule has 0 aromatic heterocycles. The molecule has 5 nitrogen and oxygen atoms in total. The minimum absolute atomic E-state index is 0.290. The van der Waals surface area contributed by atoms with Gasteiger partial charge in [0.05, 0.1) is 0 Å². The molecule has 1 rings (SSSR count). The average molecular weight is 258 g/mol. The predicted molar refractivity (Wildman–Crippen MR) is 67.0 cm³/mol. The number of nitrogens with one attached hydrogen (secondary N) is 1. The second kappa shape index (κ2) is 6.54. The highest BCUT2D eigenvalue weighted by atomic mass is 32.2. The third kappa shape index (κ3) is 3.39. The second-order valence-corrected chi connectivity index (χ2v) is 5.53. The first-order valence-electron chi connectivity index (χ1n) is 5.63. The first-order valence-corrected chi connectivity index (χ1v) is 7.01. The molecule has 17 heavy (non-hydrogen) atoms. The Morgan fingerprint density at radius 3 is 2.94 bits per heavy atom. The second-order valence-electron chi connectivity index (χ2n) is 3.87. The zero-order valence-corrected chi connectivity index (χ0v) is 10.8. The summed E-state index contributed by atoms with van der Waals surface area (Å²) in [5.74, 6) is -0.0418. The quantitative estimate of drug-likeness (QED) is 0.756. The molecule has 0 saturated carbocycles. The van der Waals surface area contributed by atoms with E-state index in [9.17, 15) is 13.8 Å². The van der Waals surface area contributed by atoms with Crippen LogP contribution < -0.4 is 5.32 Å². The highest BCUT2D eigenvalue weighted by molar-refractivity contribution is 7.86. The normalized spacial score (nSPS) is 22.8. The lowest BCUT2D eigenvalue weighted by molar-refractivity contribution is -0.127. The summed E-state index contributed by atoms with van der Waals surface area (Å²) >= 11 is 0. The fourth-order valence-electron chi connectivity index (χ4n) is 1.82. The van der Waals surface area contributed by atoms with Gasteiger partial charge in [-0.05, 0) is 19.3 Å². The van der Waals surface area contributed by atoms with Crippen LogP contribution in [0.15, 0.2) is 12.7 Å². The van der Waals surface area contributed by atoms with Gasteiger partial charge in [-0.15, -0.1) is 6.58 Å². The van der Waals surface area contributed by atoms with Gasteiger partial charge in [0.2, 0.25) is 5.91 Å². The number of rotatable bonds is 3. The summed E-state index contributed by atoms with van der Waals surface area (Å²) < 4.78 is 11.9. The summed E-state index contributed by atoms with van der Waals surface area (Å²) in [6.45, 7) is 3.92. The van der Waals surface area contributed by atoms with E-state index in [1.165, 1.54) is 11.9 Å². The van der Waals surface area contributed by atoms with Crippen molar-refractivity contribution >= 4 is 22.7 Å². The molecular weight excluding hydrogens is 240 g/mol. The van der Waals surface area contributed by atoms with Gasteiger partial charge in [-0.25, -0.2) is 4.79 Å². The van der Waals surface area contributed by atoms with Gasteiger partial charge in [0, 0.05) is 30.1 Å². The van der Waals surface area contributed by atoms with Crippen LogP contribution in [-0.4, -0.2) is 45.6 Å². The maximum Gasteiger partial charge on any atom is 0.323 e. The smallest absolute Gasteiger partial charge is 0.323 e. The molecule has 0 aromatic rings. The van der Waals surface area contributed by atoms with Crippen molar-refractivity contribution in [3.63, 3.8) is 0 Å². The zero-order valence-electron chi connectivity index (χ0n) is 9.98. The van der Waals surface area contributed by atoms with Gasteiger partial charge in [0.1, 0.15) is 5.25 Å².